The Balaban J connectivity index is 1.62. The van der Waals surface area contributed by atoms with Crippen LogP contribution >= 0.6 is 0 Å². The van der Waals surface area contributed by atoms with Crippen LogP contribution < -0.4 is 5.32 Å². The fourth-order valence-corrected chi connectivity index (χ4v) is 2.97. The first kappa shape index (κ1) is 16.5. The molecule has 5 nitrogen and oxygen atoms in total. The molecule has 1 fully saturated rings. The zero-order chi connectivity index (χ0) is 16.8. The van der Waals surface area contributed by atoms with Crippen LogP contribution in [0.15, 0.2) is 48.7 Å². The number of rotatable bonds is 5. The van der Waals surface area contributed by atoms with Crippen LogP contribution in [0.3, 0.4) is 0 Å². The number of urea groups is 1. The van der Waals surface area contributed by atoms with Gasteiger partial charge >= 0.3 is 6.03 Å². The summed E-state index contributed by atoms with van der Waals surface area (Å²) in [4.78, 5) is 18.6. The minimum atomic E-state index is -0.0557. The minimum Gasteiger partial charge on any atom is -0.380 e. The molecule has 24 heavy (non-hydrogen) atoms. The van der Waals surface area contributed by atoms with E-state index in [1.54, 1.807) is 7.11 Å². The summed E-state index contributed by atoms with van der Waals surface area (Å²) in [5.41, 5.74) is 3.05. The maximum Gasteiger partial charge on any atom is 0.321 e. The van der Waals surface area contributed by atoms with Crippen molar-refractivity contribution in [3.05, 3.63) is 59.9 Å². The zero-order valence-electron chi connectivity index (χ0n) is 13.9. The largest absolute Gasteiger partial charge is 0.380 e. The van der Waals surface area contributed by atoms with Gasteiger partial charge in [-0.1, -0.05) is 24.3 Å². The third-order valence-corrected chi connectivity index (χ3v) is 4.40. The summed E-state index contributed by atoms with van der Waals surface area (Å²) < 4.78 is 5.32. The second-order valence-corrected chi connectivity index (χ2v) is 6.00. The molecule has 1 N–H and O–H groups in total. The molecule has 0 radical (unpaired) electrons. The first-order valence-electron chi connectivity index (χ1n) is 8.33. The van der Waals surface area contributed by atoms with Gasteiger partial charge in [0.1, 0.15) is 0 Å². The van der Waals surface area contributed by atoms with Gasteiger partial charge in [-0.15, -0.1) is 0 Å². The lowest BCUT2D eigenvalue weighted by atomic mass is 10.1. The number of carbonyl (C=O) groups is 1. The van der Waals surface area contributed by atoms with Crippen LogP contribution in [-0.4, -0.2) is 42.2 Å². The number of amides is 2. The molecule has 5 heteroatoms. The number of pyridine rings is 1. The van der Waals surface area contributed by atoms with Gasteiger partial charge in [0.25, 0.3) is 0 Å². The van der Waals surface area contributed by atoms with Crippen LogP contribution in [-0.2, 0) is 17.6 Å². The van der Waals surface area contributed by atoms with Crippen molar-refractivity contribution in [3.8, 4) is 0 Å². The van der Waals surface area contributed by atoms with E-state index in [2.05, 4.69) is 16.4 Å². The van der Waals surface area contributed by atoms with Gasteiger partial charge in [0, 0.05) is 37.8 Å². The molecule has 2 aromatic rings. The number of nitrogens with one attached hydrogen (secondary N) is 1. The number of benzene rings is 1. The molecule has 0 aliphatic carbocycles. The fourth-order valence-electron chi connectivity index (χ4n) is 2.97. The molecule has 0 bridgehead atoms. The van der Waals surface area contributed by atoms with E-state index in [1.165, 1.54) is 0 Å². The van der Waals surface area contributed by atoms with Crippen molar-refractivity contribution in [2.45, 2.75) is 25.4 Å². The van der Waals surface area contributed by atoms with Crippen LogP contribution in [0.2, 0.25) is 0 Å². The zero-order valence-corrected chi connectivity index (χ0v) is 13.9. The summed E-state index contributed by atoms with van der Waals surface area (Å²) in [6, 6.07) is 13.8. The predicted octanol–water partition coefficient (Wildman–Crippen LogP) is 3.12. The molecule has 1 aromatic carbocycles. The number of hydrogen-bond donors (Lipinski definition) is 1. The lowest BCUT2D eigenvalue weighted by Crippen LogP contribution is -2.34. The molecule has 3 rings (SSSR count). The Kier molecular flexibility index (Phi) is 5.43. The Labute approximate surface area is 142 Å². The molecule has 1 aliphatic rings. The summed E-state index contributed by atoms with van der Waals surface area (Å²) >= 11 is 0. The number of methoxy groups -OCH3 is 1. The van der Waals surface area contributed by atoms with Crippen LogP contribution in [0.1, 0.15) is 17.7 Å². The molecule has 1 atom stereocenters. The quantitative estimate of drug-likeness (QED) is 0.919. The van der Waals surface area contributed by atoms with Gasteiger partial charge in [-0.25, -0.2) is 4.79 Å². The molecule has 1 aromatic heterocycles. The molecular formula is C19H23N3O2. The number of carbonyl (C=O) groups excluding carboxylic acids is 1. The highest BCUT2D eigenvalue weighted by molar-refractivity contribution is 5.90. The van der Waals surface area contributed by atoms with Gasteiger partial charge in [0.05, 0.1) is 6.10 Å². The van der Waals surface area contributed by atoms with Crippen molar-refractivity contribution in [3.63, 3.8) is 0 Å². The average molecular weight is 325 g/mol. The molecule has 2 heterocycles. The van der Waals surface area contributed by atoms with E-state index in [-0.39, 0.29) is 12.1 Å². The third kappa shape index (κ3) is 4.11. The first-order chi connectivity index (χ1) is 11.8. The van der Waals surface area contributed by atoms with Gasteiger partial charge in [-0.05, 0) is 43.0 Å². The molecular weight excluding hydrogens is 302 g/mol. The summed E-state index contributed by atoms with van der Waals surface area (Å²) in [5.74, 6) is 0. The highest BCUT2D eigenvalue weighted by atomic mass is 16.5. The second kappa shape index (κ2) is 7.93. The van der Waals surface area contributed by atoms with Gasteiger partial charge in [-0.2, -0.15) is 0 Å². The van der Waals surface area contributed by atoms with E-state index >= 15 is 0 Å². The first-order valence-corrected chi connectivity index (χ1v) is 8.33. The summed E-state index contributed by atoms with van der Waals surface area (Å²) in [6.45, 7) is 1.39. The normalized spacial score (nSPS) is 17.0. The molecule has 1 saturated heterocycles. The van der Waals surface area contributed by atoms with Crippen molar-refractivity contribution in [2.24, 2.45) is 0 Å². The van der Waals surface area contributed by atoms with Gasteiger partial charge in [0.2, 0.25) is 0 Å². The Hall–Kier alpha value is -2.40. The van der Waals surface area contributed by atoms with E-state index in [4.69, 9.17) is 4.74 Å². The number of ether oxygens (including phenoxy) is 1. The molecule has 126 valence electrons. The predicted molar refractivity (Wildman–Crippen MR) is 94.1 cm³/mol. The summed E-state index contributed by atoms with van der Waals surface area (Å²) in [6.07, 6.45) is 4.54. The lowest BCUT2D eigenvalue weighted by molar-refractivity contribution is 0.111. The van der Waals surface area contributed by atoms with Crippen LogP contribution in [0.5, 0.6) is 0 Å². The van der Waals surface area contributed by atoms with E-state index in [0.29, 0.717) is 6.54 Å². The Morgan fingerprint density at radius 2 is 2.08 bits per heavy atom. The van der Waals surface area contributed by atoms with Crippen molar-refractivity contribution >= 4 is 11.7 Å². The van der Waals surface area contributed by atoms with Crippen molar-refractivity contribution in [1.29, 1.82) is 0 Å². The SMILES string of the molecule is CO[C@H]1CCN(C(=O)Nc2ccccc2CCc2ccccn2)C1. The third-order valence-electron chi connectivity index (χ3n) is 4.40. The van der Waals surface area contributed by atoms with E-state index < -0.39 is 0 Å². The molecule has 0 unspecified atom stereocenters. The standard InChI is InChI=1S/C19H23N3O2/c1-24-17-11-13-22(14-17)19(23)21-18-8-3-2-6-15(18)9-10-16-7-4-5-12-20-16/h2-8,12,17H,9-11,13-14H2,1H3,(H,21,23)/t17-/m0/s1. The lowest BCUT2D eigenvalue weighted by Gasteiger charge is -2.18. The van der Waals surface area contributed by atoms with Crippen molar-refractivity contribution in [2.75, 3.05) is 25.5 Å². The second-order valence-electron chi connectivity index (χ2n) is 6.00. The van der Waals surface area contributed by atoms with Gasteiger partial charge in [-0.3, -0.25) is 4.98 Å². The maximum absolute atomic E-state index is 12.4. The van der Waals surface area contributed by atoms with Crippen molar-refractivity contribution < 1.29 is 9.53 Å². The molecule has 2 amide bonds. The number of nitrogens with zero attached hydrogens (tertiary/aromatic N) is 2. The van der Waals surface area contributed by atoms with Gasteiger partial charge < -0.3 is 15.0 Å². The number of aryl methyl sites for hydroxylation is 2. The summed E-state index contributed by atoms with van der Waals surface area (Å²) in [7, 11) is 1.69. The van der Waals surface area contributed by atoms with Crippen molar-refractivity contribution in [1.82, 2.24) is 9.88 Å². The maximum atomic E-state index is 12.4. The van der Waals surface area contributed by atoms with Gasteiger partial charge in [0.15, 0.2) is 0 Å². The van der Waals surface area contributed by atoms with E-state index in [9.17, 15) is 4.79 Å². The van der Waals surface area contributed by atoms with E-state index in [1.807, 2.05) is 47.5 Å². The van der Waals surface area contributed by atoms with Crippen LogP contribution in [0, 0.1) is 0 Å². The number of anilines is 1. The summed E-state index contributed by atoms with van der Waals surface area (Å²) in [5, 5.41) is 3.04. The number of para-hydroxylation sites is 1. The van der Waals surface area contributed by atoms with Crippen LogP contribution in [0.25, 0.3) is 0 Å². The number of hydrogen-bond acceptors (Lipinski definition) is 3. The number of aromatic nitrogens is 1. The Morgan fingerprint density at radius 3 is 2.83 bits per heavy atom. The Bertz CT molecular complexity index is 675. The monoisotopic (exact) mass is 325 g/mol. The fraction of sp³-hybridized carbons (Fsp3) is 0.368. The highest BCUT2D eigenvalue weighted by Gasteiger charge is 2.26. The van der Waals surface area contributed by atoms with E-state index in [0.717, 1.165) is 42.8 Å². The number of likely N-dealkylation sites (tertiary alicyclic amines) is 1. The average Bonchev–Trinajstić information content (AvgIpc) is 3.11. The minimum absolute atomic E-state index is 0.0557. The smallest absolute Gasteiger partial charge is 0.321 e. The topological polar surface area (TPSA) is 54.5 Å². The molecule has 1 aliphatic heterocycles. The molecule has 0 spiro atoms. The molecule has 0 saturated carbocycles. The highest BCUT2D eigenvalue weighted by Crippen LogP contribution is 2.19. The Morgan fingerprint density at radius 1 is 1.25 bits per heavy atom. The van der Waals surface area contributed by atoms with Crippen LogP contribution in [0.4, 0.5) is 10.5 Å².